The Labute approximate surface area is 187 Å². The molecule has 1 amide bonds. The topological polar surface area (TPSA) is 110 Å². The monoisotopic (exact) mass is 480 g/mol. The summed E-state index contributed by atoms with van der Waals surface area (Å²) in [6, 6.07) is 9.60. The van der Waals surface area contributed by atoms with E-state index < -0.39 is 33.5 Å². The molecule has 33 heavy (non-hydrogen) atoms. The van der Waals surface area contributed by atoms with Gasteiger partial charge >= 0.3 is 6.18 Å². The van der Waals surface area contributed by atoms with Crippen molar-refractivity contribution in [2.45, 2.75) is 24.9 Å². The van der Waals surface area contributed by atoms with Gasteiger partial charge < -0.3 is 5.32 Å². The second-order valence-corrected chi connectivity index (χ2v) is 8.91. The second-order valence-electron chi connectivity index (χ2n) is 7.02. The molecule has 0 radical (unpaired) electrons. The number of carbonyl (C=O) groups is 2. The zero-order valence-corrected chi connectivity index (χ0v) is 18.5. The first-order valence-electron chi connectivity index (χ1n) is 9.48. The number of nitrogens with zero attached hydrogens (tertiary/aromatic N) is 2. The van der Waals surface area contributed by atoms with Gasteiger partial charge in [-0.05, 0) is 63.4 Å². The van der Waals surface area contributed by atoms with E-state index >= 15 is 0 Å². The first kappa shape index (κ1) is 24.1. The molecule has 2 N–H and O–H groups in total. The summed E-state index contributed by atoms with van der Waals surface area (Å²) in [6.07, 6.45) is -4.55. The van der Waals surface area contributed by atoms with Crippen LogP contribution in [0, 0.1) is 13.8 Å². The molecule has 0 unspecified atom stereocenters. The summed E-state index contributed by atoms with van der Waals surface area (Å²) in [5.74, 6) is -1.94. The highest BCUT2D eigenvalue weighted by Gasteiger charge is 2.31. The normalized spacial score (nSPS) is 11.9. The first-order chi connectivity index (χ1) is 15.3. The van der Waals surface area contributed by atoms with Crippen LogP contribution < -0.4 is 10.0 Å². The van der Waals surface area contributed by atoms with Crippen molar-refractivity contribution < 1.29 is 31.2 Å². The standard InChI is InChI=1S/C21H19F3N4O4S/c1-12-18(13(2)28(27-12)16-6-4-5-14(11-16)21(22,23)24)19(29)20(30)26-15-7-9-17(10-8-15)33(31,32)25-3/h4-11,25H,1-3H3,(H,26,30). The van der Waals surface area contributed by atoms with Gasteiger partial charge in [-0.15, -0.1) is 0 Å². The number of hydrogen-bond donors (Lipinski definition) is 2. The molecule has 0 aliphatic carbocycles. The third-order valence-electron chi connectivity index (χ3n) is 4.83. The molecule has 0 fully saturated rings. The molecule has 3 aromatic rings. The number of carbonyl (C=O) groups excluding carboxylic acids is 2. The molecule has 3 rings (SSSR count). The second kappa shape index (κ2) is 8.79. The van der Waals surface area contributed by atoms with Crippen molar-refractivity contribution in [3.05, 3.63) is 71.0 Å². The summed E-state index contributed by atoms with van der Waals surface area (Å²) in [7, 11) is -2.40. The van der Waals surface area contributed by atoms with Gasteiger partial charge in [0.25, 0.3) is 11.7 Å². The molecule has 12 heteroatoms. The van der Waals surface area contributed by atoms with Gasteiger partial charge in [0.2, 0.25) is 10.0 Å². The van der Waals surface area contributed by atoms with Gasteiger partial charge in [-0.25, -0.2) is 17.8 Å². The molecular weight excluding hydrogens is 461 g/mol. The van der Waals surface area contributed by atoms with Crippen molar-refractivity contribution in [2.75, 3.05) is 12.4 Å². The first-order valence-corrected chi connectivity index (χ1v) is 11.0. The molecule has 0 saturated carbocycles. The predicted molar refractivity (Wildman–Crippen MR) is 114 cm³/mol. The number of alkyl halides is 3. The Bertz CT molecular complexity index is 1330. The van der Waals surface area contributed by atoms with Gasteiger partial charge in [-0.3, -0.25) is 9.59 Å². The van der Waals surface area contributed by atoms with Gasteiger partial charge in [0.15, 0.2) is 0 Å². The number of halogens is 3. The Balaban J connectivity index is 1.87. The molecule has 174 valence electrons. The van der Waals surface area contributed by atoms with Crippen molar-refractivity contribution in [3.63, 3.8) is 0 Å². The van der Waals surface area contributed by atoms with Crippen LogP contribution in [0.25, 0.3) is 5.69 Å². The third kappa shape index (κ3) is 4.96. The molecule has 0 spiro atoms. The molecular formula is C21H19F3N4O4S. The van der Waals surface area contributed by atoms with Crippen LogP contribution in [0.3, 0.4) is 0 Å². The Hall–Kier alpha value is -3.51. The van der Waals surface area contributed by atoms with Gasteiger partial charge in [-0.2, -0.15) is 18.3 Å². The van der Waals surface area contributed by atoms with Crippen molar-refractivity contribution >= 4 is 27.4 Å². The van der Waals surface area contributed by atoms with Crippen LogP contribution in [0.2, 0.25) is 0 Å². The third-order valence-corrected chi connectivity index (χ3v) is 6.26. The van der Waals surface area contributed by atoms with E-state index in [4.69, 9.17) is 0 Å². The largest absolute Gasteiger partial charge is 0.416 e. The molecule has 0 aliphatic heterocycles. The number of amides is 1. The van der Waals surface area contributed by atoms with Crippen LogP contribution in [0.5, 0.6) is 0 Å². The van der Waals surface area contributed by atoms with Gasteiger partial charge in [0, 0.05) is 5.69 Å². The number of aromatic nitrogens is 2. The fourth-order valence-electron chi connectivity index (χ4n) is 3.17. The summed E-state index contributed by atoms with van der Waals surface area (Å²) >= 11 is 0. The van der Waals surface area contributed by atoms with Crippen molar-refractivity contribution in [3.8, 4) is 5.69 Å². The molecule has 0 aliphatic rings. The maximum absolute atomic E-state index is 13.0. The Morgan fingerprint density at radius 3 is 2.24 bits per heavy atom. The molecule has 1 aromatic heterocycles. The number of benzene rings is 2. The Kier molecular flexibility index (Phi) is 6.43. The lowest BCUT2D eigenvalue weighted by Crippen LogP contribution is -2.24. The van der Waals surface area contributed by atoms with E-state index in [1.54, 1.807) is 0 Å². The molecule has 1 heterocycles. The van der Waals surface area contributed by atoms with Crippen molar-refractivity contribution in [1.29, 1.82) is 0 Å². The number of hydrogen-bond acceptors (Lipinski definition) is 5. The molecule has 0 bridgehead atoms. The maximum atomic E-state index is 13.0. The van der Waals surface area contributed by atoms with E-state index in [0.717, 1.165) is 12.1 Å². The zero-order chi connectivity index (χ0) is 24.6. The van der Waals surface area contributed by atoms with Crippen LogP contribution in [-0.4, -0.2) is 36.9 Å². The van der Waals surface area contributed by atoms with E-state index in [1.165, 1.54) is 62.0 Å². The highest BCUT2D eigenvalue weighted by molar-refractivity contribution is 7.89. The maximum Gasteiger partial charge on any atom is 0.416 e. The van der Waals surface area contributed by atoms with Gasteiger partial charge in [0.05, 0.1) is 33.1 Å². The average Bonchev–Trinajstić information content (AvgIpc) is 3.07. The summed E-state index contributed by atoms with van der Waals surface area (Å²) < 4.78 is 66.0. The Morgan fingerprint density at radius 1 is 1.03 bits per heavy atom. The highest BCUT2D eigenvalue weighted by Crippen LogP contribution is 2.31. The number of rotatable bonds is 6. The predicted octanol–water partition coefficient (Wildman–Crippen LogP) is 3.24. The van der Waals surface area contributed by atoms with Crippen LogP contribution in [0.15, 0.2) is 53.4 Å². The minimum absolute atomic E-state index is 0.0247. The number of sulfonamides is 1. The van der Waals surface area contributed by atoms with Crippen LogP contribution >= 0.6 is 0 Å². The smallest absolute Gasteiger partial charge is 0.319 e. The van der Waals surface area contributed by atoms with E-state index in [1.807, 2.05) is 0 Å². The van der Waals surface area contributed by atoms with Crippen molar-refractivity contribution in [1.82, 2.24) is 14.5 Å². The van der Waals surface area contributed by atoms with Crippen LogP contribution in [0.1, 0.15) is 27.3 Å². The SMILES string of the molecule is CNS(=O)(=O)c1ccc(NC(=O)C(=O)c2c(C)nn(-c3cccc(C(F)(F)F)c3)c2C)cc1. The minimum Gasteiger partial charge on any atom is -0.319 e. The lowest BCUT2D eigenvalue weighted by atomic mass is 10.1. The minimum atomic E-state index is -4.55. The van der Waals surface area contributed by atoms with E-state index in [-0.39, 0.29) is 33.2 Å². The van der Waals surface area contributed by atoms with Gasteiger partial charge in [-0.1, -0.05) is 6.07 Å². The fraction of sp³-hybridized carbons (Fsp3) is 0.190. The van der Waals surface area contributed by atoms with E-state index in [0.29, 0.717) is 0 Å². The molecule has 0 atom stereocenters. The van der Waals surface area contributed by atoms with Crippen molar-refractivity contribution in [2.24, 2.45) is 0 Å². The Morgan fingerprint density at radius 2 is 1.67 bits per heavy atom. The van der Waals surface area contributed by atoms with E-state index in [9.17, 15) is 31.2 Å². The molecule has 8 nitrogen and oxygen atoms in total. The number of ketones is 1. The number of nitrogens with one attached hydrogen (secondary N) is 2. The van der Waals surface area contributed by atoms with Gasteiger partial charge in [0.1, 0.15) is 0 Å². The number of aryl methyl sites for hydroxylation is 1. The van der Waals surface area contributed by atoms with Crippen LogP contribution in [0.4, 0.5) is 18.9 Å². The average molecular weight is 480 g/mol. The van der Waals surface area contributed by atoms with E-state index in [2.05, 4.69) is 15.1 Å². The fourth-order valence-corrected chi connectivity index (χ4v) is 3.90. The number of Topliss-reactive ketones (excluding diaryl/α,β-unsaturated/α-hetero) is 1. The summed E-state index contributed by atoms with van der Waals surface area (Å²) in [4.78, 5) is 25.3. The lowest BCUT2D eigenvalue weighted by molar-refractivity contribution is -0.137. The number of anilines is 1. The highest BCUT2D eigenvalue weighted by atomic mass is 32.2. The van der Waals surface area contributed by atoms with Crippen LogP contribution in [-0.2, 0) is 21.0 Å². The summed E-state index contributed by atoms with van der Waals surface area (Å²) in [5.41, 5.74) is -0.278. The summed E-state index contributed by atoms with van der Waals surface area (Å²) in [5, 5.41) is 6.52. The molecule has 0 saturated heterocycles. The molecule has 2 aromatic carbocycles. The summed E-state index contributed by atoms with van der Waals surface area (Å²) in [6.45, 7) is 2.94. The zero-order valence-electron chi connectivity index (χ0n) is 17.7. The quantitative estimate of drug-likeness (QED) is 0.416. The lowest BCUT2D eigenvalue weighted by Gasteiger charge is -2.10.